The molecule has 0 fully saturated rings. The van der Waals surface area contributed by atoms with Crippen LogP contribution in [0.25, 0.3) is 21.8 Å². The summed E-state index contributed by atoms with van der Waals surface area (Å²) in [7, 11) is 1.78. The van der Waals surface area contributed by atoms with E-state index in [0.717, 1.165) is 21.8 Å². The van der Waals surface area contributed by atoms with Crippen LogP contribution in [-0.2, 0) is 7.05 Å². The molecular weight excluding hydrogens is 200 g/mol. The van der Waals surface area contributed by atoms with Gasteiger partial charge in [0.05, 0.1) is 11.0 Å². The Bertz CT molecular complexity index is 744. The smallest absolute Gasteiger partial charge is 0.250 e. The number of nitrogens with zero attached hydrogens (tertiary/aromatic N) is 2. The highest BCUT2D eigenvalue weighted by molar-refractivity contribution is 6.04. The van der Waals surface area contributed by atoms with E-state index in [4.69, 9.17) is 0 Å². The highest BCUT2D eigenvalue weighted by Gasteiger charge is 2.03. The van der Waals surface area contributed by atoms with Crippen LogP contribution in [0.3, 0.4) is 0 Å². The van der Waals surface area contributed by atoms with Crippen LogP contribution in [0, 0.1) is 0 Å². The van der Waals surface area contributed by atoms with Crippen LogP contribution in [0.4, 0.5) is 0 Å². The molecule has 2 aromatic heterocycles. The summed E-state index contributed by atoms with van der Waals surface area (Å²) in [5.41, 5.74) is 1.90. The maximum Gasteiger partial charge on any atom is 0.250 e. The molecule has 0 bridgehead atoms. The summed E-state index contributed by atoms with van der Waals surface area (Å²) >= 11 is 0. The Morgan fingerprint density at radius 2 is 1.94 bits per heavy atom. The quantitative estimate of drug-likeness (QED) is 0.532. The Morgan fingerprint density at radius 1 is 1.06 bits per heavy atom. The molecule has 0 N–H and O–H groups in total. The first-order valence-corrected chi connectivity index (χ1v) is 5.11. The van der Waals surface area contributed by atoms with Crippen molar-refractivity contribution in [2.75, 3.05) is 0 Å². The van der Waals surface area contributed by atoms with Gasteiger partial charge in [-0.2, -0.15) is 0 Å². The number of fused-ring (bicyclic) bond motifs is 3. The zero-order valence-electron chi connectivity index (χ0n) is 8.84. The summed E-state index contributed by atoms with van der Waals surface area (Å²) in [5.74, 6) is 0. The lowest BCUT2D eigenvalue weighted by molar-refractivity contribution is 0.907. The van der Waals surface area contributed by atoms with Gasteiger partial charge in [0, 0.05) is 30.1 Å². The molecule has 0 saturated carbocycles. The fourth-order valence-electron chi connectivity index (χ4n) is 2.02. The van der Waals surface area contributed by atoms with Gasteiger partial charge in [-0.1, -0.05) is 6.07 Å². The van der Waals surface area contributed by atoms with Crippen molar-refractivity contribution < 1.29 is 0 Å². The van der Waals surface area contributed by atoms with E-state index in [2.05, 4.69) is 4.98 Å². The van der Waals surface area contributed by atoms with Gasteiger partial charge in [0.15, 0.2) is 0 Å². The van der Waals surface area contributed by atoms with Gasteiger partial charge in [-0.3, -0.25) is 9.78 Å². The second-order valence-corrected chi connectivity index (χ2v) is 3.80. The summed E-state index contributed by atoms with van der Waals surface area (Å²) < 4.78 is 1.65. The van der Waals surface area contributed by atoms with Crippen LogP contribution in [0.15, 0.2) is 47.4 Å². The predicted octanol–water partition coefficient (Wildman–Crippen LogP) is 2.09. The van der Waals surface area contributed by atoms with Gasteiger partial charge in [-0.15, -0.1) is 0 Å². The average molecular weight is 210 g/mol. The first-order valence-electron chi connectivity index (χ1n) is 5.11. The average Bonchev–Trinajstić information content (AvgIpc) is 2.33. The molecule has 0 radical (unpaired) electrons. The molecule has 0 amide bonds. The Kier molecular flexibility index (Phi) is 1.80. The molecule has 1 aromatic carbocycles. The molecule has 0 unspecified atom stereocenters. The highest BCUT2D eigenvalue weighted by Crippen LogP contribution is 2.21. The monoisotopic (exact) mass is 210 g/mol. The maximum atomic E-state index is 11.5. The third kappa shape index (κ3) is 1.15. The third-order valence-corrected chi connectivity index (χ3v) is 2.89. The number of hydrogen-bond acceptors (Lipinski definition) is 2. The van der Waals surface area contributed by atoms with Crippen molar-refractivity contribution in [3.05, 3.63) is 52.9 Å². The standard InChI is InChI=1S/C13H10N2O/c1-15-12-6-5-11-9(3-2-8-14-11)10(12)4-7-13(15)16/h2-8H,1H3. The molecule has 0 aliphatic carbocycles. The van der Waals surface area contributed by atoms with Crippen molar-refractivity contribution in [2.45, 2.75) is 0 Å². The SMILES string of the molecule is Cn1c(=O)ccc2c3cccnc3ccc21. The Balaban J connectivity index is 2.63. The number of aryl methyl sites for hydroxylation is 1. The van der Waals surface area contributed by atoms with Gasteiger partial charge in [-0.05, 0) is 24.3 Å². The molecule has 16 heavy (non-hydrogen) atoms. The zero-order chi connectivity index (χ0) is 11.1. The molecule has 0 atom stereocenters. The van der Waals surface area contributed by atoms with E-state index >= 15 is 0 Å². The van der Waals surface area contributed by atoms with Gasteiger partial charge >= 0.3 is 0 Å². The lowest BCUT2D eigenvalue weighted by atomic mass is 10.1. The third-order valence-electron chi connectivity index (χ3n) is 2.89. The van der Waals surface area contributed by atoms with Crippen molar-refractivity contribution in [1.82, 2.24) is 9.55 Å². The summed E-state index contributed by atoms with van der Waals surface area (Å²) in [4.78, 5) is 15.8. The van der Waals surface area contributed by atoms with Gasteiger partial charge in [0.2, 0.25) is 0 Å². The van der Waals surface area contributed by atoms with Crippen molar-refractivity contribution >= 4 is 21.8 Å². The van der Waals surface area contributed by atoms with Crippen LogP contribution in [0.5, 0.6) is 0 Å². The molecular formula is C13H10N2O. The zero-order valence-corrected chi connectivity index (χ0v) is 8.84. The van der Waals surface area contributed by atoms with Crippen molar-refractivity contribution in [2.24, 2.45) is 7.05 Å². The van der Waals surface area contributed by atoms with Crippen LogP contribution in [-0.4, -0.2) is 9.55 Å². The minimum atomic E-state index is 0.00994. The van der Waals surface area contributed by atoms with E-state index in [1.165, 1.54) is 0 Å². The minimum absolute atomic E-state index is 0.00994. The topological polar surface area (TPSA) is 34.9 Å². The van der Waals surface area contributed by atoms with Crippen molar-refractivity contribution in [3.8, 4) is 0 Å². The normalized spacial score (nSPS) is 11.1. The fraction of sp³-hybridized carbons (Fsp3) is 0.0769. The number of aromatic nitrogens is 2. The summed E-state index contributed by atoms with van der Waals surface area (Å²) in [5, 5.41) is 2.14. The largest absolute Gasteiger partial charge is 0.311 e. The minimum Gasteiger partial charge on any atom is -0.311 e. The molecule has 0 saturated heterocycles. The van der Waals surface area contributed by atoms with E-state index in [-0.39, 0.29) is 5.56 Å². The number of hydrogen-bond donors (Lipinski definition) is 0. The molecule has 3 aromatic rings. The molecule has 3 nitrogen and oxygen atoms in total. The van der Waals surface area contributed by atoms with Gasteiger partial charge < -0.3 is 4.57 Å². The highest BCUT2D eigenvalue weighted by atomic mass is 16.1. The second kappa shape index (κ2) is 3.17. The fourth-order valence-corrected chi connectivity index (χ4v) is 2.02. The molecule has 0 aliphatic heterocycles. The van der Waals surface area contributed by atoms with Gasteiger partial charge in [0.25, 0.3) is 5.56 Å². The van der Waals surface area contributed by atoms with Crippen LogP contribution in [0.1, 0.15) is 0 Å². The lowest BCUT2D eigenvalue weighted by Gasteiger charge is -2.06. The van der Waals surface area contributed by atoms with E-state index in [9.17, 15) is 4.79 Å². The number of benzene rings is 1. The second-order valence-electron chi connectivity index (χ2n) is 3.80. The molecule has 78 valence electrons. The summed E-state index contributed by atoms with van der Waals surface area (Å²) in [6, 6.07) is 11.3. The molecule has 0 aliphatic rings. The summed E-state index contributed by atoms with van der Waals surface area (Å²) in [6.45, 7) is 0. The predicted molar refractivity (Wildman–Crippen MR) is 64.5 cm³/mol. The first kappa shape index (κ1) is 9.09. The van der Waals surface area contributed by atoms with Crippen molar-refractivity contribution in [1.29, 1.82) is 0 Å². The molecule has 3 rings (SSSR count). The Labute approximate surface area is 92.0 Å². The van der Waals surface area contributed by atoms with Crippen LogP contribution >= 0.6 is 0 Å². The van der Waals surface area contributed by atoms with Crippen molar-refractivity contribution in [3.63, 3.8) is 0 Å². The first-order chi connectivity index (χ1) is 7.77. The van der Waals surface area contributed by atoms with E-state index < -0.39 is 0 Å². The number of rotatable bonds is 0. The molecule has 2 heterocycles. The Hall–Kier alpha value is -2.16. The van der Waals surface area contributed by atoms with Gasteiger partial charge in [-0.25, -0.2) is 0 Å². The molecule has 0 spiro atoms. The summed E-state index contributed by atoms with van der Waals surface area (Å²) in [6.07, 6.45) is 1.77. The van der Waals surface area contributed by atoms with Gasteiger partial charge in [0.1, 0.15) is 0 Å². The van der Waals surface area contributed by atoms with Crippen LogP contribution in [0.2, 0.25) is 0 Å². The Morgan fingerprint density at radius 3 is 2.81 bits per heavy atom. The molecule has 3 heteroatoms. The maximum absolute atomic E-state index is 11.5. The van der Waals surface area contributed by atoms with E-state index in [1.807, 2.05) is 30.3 Å². The van der Waals surface area contributed by atoms with E-state index in [0.29, 0.717) is 0 Å². The number of pyridine rings is 2. The van der Waals surface area contributed by atoms with E-state index in [1.54, 1.807) is 23.9 Å². The lowest BCUT2D eigenvalue weighted by Crippen LogP contribution is -2.14. The van der Waals surface area contributed by atoms with Crippen LogP contribution < -0.4 is 5.56 Å².